The van der Waals surface area contributed by atoms with E-state index < -0.39 is 11.7 Å². The first-order chi connectivity index (χ1) is 15.9. The summed E-state index contributed by atoms with van der Waals surface area (Å²) in [6.45, 7) is 3.37. The highest BCUT2D eigenvalue weighted by Crippen LogP contribution is 2.34. The van der Waals surface area contributed by atoms with Crippen LogP contribution in [0, 0.1) is 18.3 Å². The van der Waals surface area contributed by atoms with E-state index in [1.54, 1.807) is 26.0 Å². The second kappa shape index (κ2) is 7.62. The zero-order valence-electron chi connectivity index (χ0n) is 18.1. The first kappa shape index (κ1) is 20.5. The number of nitrogens with one attached hydrogen (secondary N) is 1. The Morgan fingerprint density at radius 2 is 2.00 bits per heavy atom. The molecule has 3 heterocycles. The first-order valence-electron chi connectivity index (χ1n) is 10.2. The number of hydrogen-bond donors (Lipinski definition) is 2. The van der Waals surface area contributed by atoms with Gasteiger partial charge in [-0.1, -0.05) is 30.3 Å². The average molecular weight is 441 g/mol. The van der Waals surface area contributed by atoms with E-state index in [1.807, 2.05) is 30.3 Å². The lowest BCUT2D eigenvalue weighted by Crippen LogP contribution is -2.19. The van der Waals surface area contributed by atoms with Crippen LogP contribution in [-0.4, -0.2) is 31.8 Å². The fourth-order valence-corrected chi connectivity index (χ4v) is 3.92. The minimum absolute atomic E-state index is 0.0851. The van der Waals surface area contributed by atoms with Crippen LogP contribution in [0.5, 0.6) is 5.75 Å². The largest absolute Gasteiger partial charge is 0.494 e. The van der Waals surface area contributed by atoms with Crippen LogP contribution in [0.3, 0.4) is 0 Å². The van der Waals surface area contributed by atoms with E-state index in [0.29, 0.717) is 39.3 Å². The number of methoxy groups -OCH3 is 1. The van der Waals surface area contributed by atoms with Crippen LogP contribution in [0.15, 0.2) is 51.7 Å². The minimum Gasteiger partial charge on any atom is -0.494 e. The summed E-state index contributed by atoms with van der Waals surface area (Å²) in [4.78, 5) is 21.2. The lowest BCUT2D eigenvalue weighted by molar-refractivity contribution is 0.199. The number of aryl methyl sites for hydroxylation is 1. The van der Waals surface area contributed by atoms with Crippen molar-refractivity contribution in [3.63, 3.8) is 0 Å². The molecule has 0 amide bonds. The zero-order chi connectivity index (χ0) is 23.3. The van der Waals surface area contributed by atoms with Gasteiger partial charge in [-0.3, -0.25) is 4.79 Å². The number of ether oxygens (including phenoxy) is 1. The Bertz CT molecular complexity index is 1620. The van der Waals surface area contributed by atoms with E-state index >= 15 is 0 Å². The summed E-state index contributed by atoms with van der Waals surface area (Å²) in [6, 6.07) is 14.7. The molecule has 3 aromatic heterocycles. The molecule has 9 nitrogen and oxygen atoms in total. The van der Waals surface area contributed by atoms with E-state index in [0.717, 1.165) is 10.1 Å². The van der Waals surface area contributed by atoms with Crippen molar-refractivity contribution in [2.75, 3.05) is 7.11 Å². The molecule has 164 valence electrons. The van der Waals surface area contributed by atoms with Crippen molar-refractivity contribution in [1.29, 1.82) is 5.26 Å². The summed E-state index contributed by atoms with van der Waals surface area (Å²) in [5, 5.41) is 23.9. The van der Waals surface area contributed by atoms with Crippen LogP contribution in [0.1, 0.15) is 30.0 Å². The Labute approximate surface area is 187 Å². The molecule has 1 atom stereocenters. The van der Waals surface area contributed by atoms with Crippen molar-refractivity contribution in [2.45, 2.75) is 20.0 Å². The van der Waals surface area contributed by atoms with Gasteiger partial charge in [-0.05, 0) is 37.1 Å². The van der Waals surface area contributed by atoms with Crippen molar-refractivity contribution < 1.29 is 14.3 Å². The predicted molar refractivity (Wildman–Crippen MR) is 121 cm³/mol. The van der Waals surface area contributed by atoms with Gasteiger partial charge in [-0.25, -0.2) is 4.98 Å². The summed E-state index contributed by atoms with van der Waals surface area (Å²) in [5.74, 6) is 0.507. The molecule has 0 radical (unpaired) electrons. The van der Waals surface area contributed by atoms with E-state index in [-0.39, 0.29) is 17.1 Å². The van der Waals surface area contributed by atoms with E-state index in [4.69, 9.17) is 9.15 Å². The summed E-state index contributed by atoms with van der Waals surface area (Å²) in [7, 11) is 1.50. The highest BCUT2D eigenvalue weighted by Gasteiger charge is 2.24. The maximum Gasteiger partial charge on any atom is 0.287 e. The van der Waals surface area contributed by atoms with E-state index in [1.165, 1.54) is 7.11 Å². The molecule has 5 aromatic rings. The van der Waals surface area contributed by atoms with Crippen molar-refractivity contribution in [3.8, 4) is 34.4 Å². The number of aliphatic hydroxyl groups is 1. The molecule has 9 heteroatoms. The smallest absolute Gasteiger partial charge is 0.287 e. The second-order valence-corrected chi connectivity index (χ2v) is 7.66. The molecule has 5 rings (SSSR count). The van der Waals surface area contributed by atoms with E-state index in [2.05, 4.69) is 21.1 Å². The number of oxazole rings is 1. The van der Waals surface area contributed by atoms with Gasteiger partial charge in [0.15, 0.2) is 16.8 Å². The number of rotatable bonds is 4. The van der Waals surface area contributed by atoms with Gasteiger partial charge in [0.1, 0.15) is 23.0 Å². The van der Waals surface area contributed by atoms with E-state index in [9.17, 15) is 15.2 Å². The number of fused-ring (bicyclic) bond motifs is 2. The molecule has 0 fully saturated rings. The van der Waals surface area contributed by atoms with Crippen LogP contribution < -0.4 is 10.3 Å². The number of nitrogens with zero attached hydrogens (tertiary/aromatic N) is 4. The van der Waals surface area contributed by atoms with Gasteiger partial charge < -0.3 is 19.2 Å². The fraction of sp³-hybridized carbons (Fsp3) is 0.167. The van der Waals surface area contributed by atoms with Gasteiger partial charge in [-0.2, -0.15) is 14.9 Å². The summed E-state index contributed by atoms with van der Waals surface area (Å²) in [6.07, 6.45) is -0.733. The Balaban J connectivity index is 1.77. The quantitative estimate of drug-likeness (QED) is 0.434. The summed E-state index contributed by atoms with van der Waals surface area (Å²) in [5.41, 5.74) is 3.49. The Morgan fingerprint density at radius 1 is 1.24 bits per heavy atom. The maximum atomic E-state index is 13.5. The van der Waals surface area contributed by atoms with Gasteiger partial charge in [0, 0.05) is 5.69 Å². The third-order valence-electron chi connectivity index (χ3n) is 5.54. The molecular formula is C24H19N5O4. The minimum atomic E-state index is -0.733. The van der Waals surface area contributed by atoms with Gasteiger partial charge in [-0.15, -0.1) is 0 Å². The van der Waals surface area contributed by atoms with Crippen LogP contribution in [0.25, 0.3) is 39.3 Å². The first-order valence-corrected chi connectivity index (χ1v) is 10.2. The number of nitriles is 1. The normalized spacial score (nSPS) is 12.2. The molecule has 0 bridgehead atoms. The lowest BCUT2D eigenvalue weighted by atomic mass is 10.1. The van der Waals surface area contributed by atoms with Crippen LogP contribution >= 0.6 is 0 Å². The zero-order valence-corrected chi connectivity index (χ0v) is 18.1. The third-order valence-corrected chi connectivity index (χ3v) is 5.54. The van der Waals surface area contributed by atoms with Crippen molar-refractivity contribution in [2.24, 2.45) is 0 Å². The predicted octanol–water partition coefficient (Wildman–Crippen LogP) is 3.74. The van der Waals surface area contributed by atoms with Crippen LogP contribution in [0.4, 0.5) is 0 Å². The topological polar surface area (TPSA) is 129 Å². The number of benzene rings is 2. The lowest BCUT2D eigenvalue weighted by Gasteiger charge is -2.06. The molecule has 2 N–H and O–H groups in total. The second-order valence-electron chi connectivity index (χ2n) is 7.66. The maximum absolute atomic E-state index is 13.5. The molecule has 0 aliphatic heterocycles. The number of aromatic nitrogens is 4. The molecule has 0 aliphatic carbocycles. The fourth-order valence-electron chi connectivity index (χ4n) is 3.92. The van der Waals surface area contributed by atoms with Crippen LogP contribution in [-0.2, 0) is 0 Å². The van der Waals surface area contributed by atoms with Crippen molar-refractivity contribution in [1.82, 2.24) is 19.6 Å². The summed E-state index contributed by atoms with van der Waals surface area (Å²) < 4.78 is 12.5. The molecule has 0 aliphatic rings. The van der Waals surface area contributed by atoms with Crippen molar-refractivity contribution >= 4 is 16.7 Å². The SMILES string of the molecule is COc1cc(C(C)O)cc2oc(-c3c(C)[nH]c4c(-c5ccccc5)c(C#N)nn4c3=O)nc12. The van der Waals surface area contributed by atoms with Gasteiger partial charge in [0.2, 0.25) is 5.89 Å². The molecular weight excluding hydrogens is 422 g/mol. The van der Waals surface area contributed by atoms with Crippen LogP contribution in [0.2, 0.25) is 0 Å². The standard InChI is InChI=1S/C24H19N5O4/c1-12-19(23-27-21-17(32-3)9-15(13(2)30)10-18(21)33-23)24(31)29-22(26-12)20(16(11-25)28-29)14-7-5-4-6-8-14/h4-10,13,26,30H,1-3H3. The monoisotopic (exact) mass is 441 g/mol. The third kappa shape index (κ3) is 3.16. The van der Waals surface area contributed by atoms with Gasteiger partial charge >= 0.3 is 0 Å². The molecule has 1 unspecified atom stereocenters. The Morgan fingerprint density at radius 3 is 2.67 bits per heavy atom. The van der Waals surface area contributed by atoms with Crippen molar-refractivity contribution in [3.05, 3.63) is 69.8 Å². The molecule has 0 saturated carbocycles. The Hall–Kier alpha value is -4.42. The highest BCUT2D eigenvalue weighted by atomic mass is 16.5. The number of aromatic amines is 1. The molecule has 0 saturated heterocycles. The average Bonchev–Trinajstić information content (AvgIpc) is 3.40. The molecule has 0 spiro atoms. The summed E-state index contributed by atoms with van der Waals surface area (Å²) >= 11 is 0. The molecule has 2 aromatic carbocycles. The molecule has 33 heavy (non-hydrogen) atoms. The van der Waals surface area contributed by atoms with Gasteiger partial charge in [0.05, 0.1) is 18.8 Å². The Kier molecular flexibility index (Phi) is 4.73. The highest BCUT2D eigenvalue weighted by molar-refractivity contribution is 5.85. The van der Waals surface area contributed by atoms with Gasteiger partial charge in [0.25, 0.3) is 5.56 Å². The number of aliphatic hydroxyl groups excluding tert-OH is 1. The number of hydrogen-bond acceptors (Lipinski definition) is 7. The number of H-pyrrole nitrogens is 1.